The van der Waals surface area contributed by atoms with Crippen molar-refractivity contribution in [1.29, 1.82) is 0 Å². The number of hydrogen-bond acceptors (Lipinski definition) is 6. The van der Waals surface area contributed by atoms with Crippen LogP contribution in [-0.2, 0) is 0 Å². The van der Waals surface area contributed by atoms with Crippen molar-refractivity contribution < 1.29 is 14.5 Å². The fourth-order valence-electron chi connectivity index (χ4n) is 2.14. The predicted octanol–water partition coefficient (Wildman–Crippen LogP) is 3.86. The van der Waals surface area contributed by atoms with E-state index in [0.717, 1.165) is 0 Å². The summed E-state index contributed by atoms with van der Waals surface area (Å²) in [6.07, 6.45) is 0. The summed E-state index contributed by atoms with van der Waals surface area (Å²) < 4.78 is 6.01. The molecule has 122 valence electrons. The first kappa shape index (κ1) is 15.9. The maximum Gasteiger partial charge on any atom is 0.270 e. The fraction of sp³-hybridized carbons (Fsp3) is 0.125. The maximum absolute atomic E-state index is 12.3. The molecule has 0 aliphatic rings. The van der Waals surface area contributed by atoms with Crippen LogP contribution in [0, 0.1) is 10.1 Å². The molecule has 8 heteroatoms. The van der Waals surface area contributed by atoms with Gasteiger partial charge in [0.05, 0.1) is 21.7 Å². The number of benzene rings is 2. The molecule has 3 rings (SSSR count). The van der Waals surface area contributed by atoms with Gasteiger partial charge in [-0.3, -0.25) is 20.2 Å². The monoisotopic (exact) mass is 343 g/mol. The van der Waals surface area contributed by atoms with Crippen molar-refractivity contribution >= 4 is 38.3 Å². The molecule has 1 aromatic heterocycles. The van der Waals surface area contributed by atoms with Crippen molar-refractivity contribution in [2.24, 2.45) is 0 Å². The van der Waals surface area contributed by atoms with Gasteiger partial charge < -0.3 is 4.74 Å². The standard InChI is InChI=1S/C16H13N3O4S/c1-2-23-12-5-3-4-10(8-12)15(20)18-16-17-13-7-6-11(19(21)22)9-14(13)24-16/h3-9H,2H2,1H3,(H,17,18,20). The van der Waals surface area contributed by atoms with Gasteiger partial charge in [0, 0.05) is 17.7 Å². The largest absolute Gasteiger partial charge is 0.494 e. The molecule has 0 fully saturated rings. The predicted molar refractivity (Wildman–Crippen MR) is 91.8 cm³/mol. The molecule has 0 bridgehead atoms. The third kappa shape index (κ3) is 3.33. The number of hydrogen-bond donors (Lipinski definition) is 1. The third-order valence-electron chi connectivity index (χ3n) is 3.21. The van der Waals surface area contributed by atoms with Gasteiger partial charge in [-0.05, 0) is 31.2 Å². The lowest BCUT2D eigenvalue weighted by atomic mass is 10.2. The van der Waals surface area contributed by atoms with E-state index in [4.69, 9.17) is 4.74 Å². The van der Waals surface area contributed by atoms with Crippen molar-refractivity contribution in [1.82, 2.24) is 4.98 Å². The highest BCUT2D eigenvalue weighted by Crippen LogP contribution is 2.29. The molecular weight excluding hydrogens is 330 g/mol. The highest BCUT2D eigenvalue weighted by atomic mass is 32.1. The second-order valence-electron chi connectivity index (χ2n) is 4.84. The second kappa shape index (κ2) is 6.63. The first-order chi connectivity index (χ1) is 11.6. The summed E-state index contributed by atoms with van der Waals surface area (Å²) in [6, 6.07) is 11.2. The Hall–Kier alpha value is -3.00. The Kier molecular flexibility index (Phi) is 4.39. The van der Waals surface area contributed by atoms with E-state index in [1.807, 2.05) is 6.92 Å². The highest BCUT2D eigenvalue weighted by molar-refractivity contribution is 7.22. The lowest BCUT2D eigenvalue weighted by molar-refractivity contribution is -0.384. The van der Waals surface area contributed by atoms with Crippen molar-refractivity contribution in [3.8, 4) is 5.75 Å². The summed E-state index contributed by atoms with van der Waals surface area (Å²) in [5.74, 6) is 0.301. The number of fused-ring (bicyclic) bond motifs is 1. The number of nitro groups is 1. The van der Waals surface area contributed by atoms with E-state index in [0.29, 0.717) is 33.3 Å². The molecule has 0 aliphatic heterocycles. The number of aromatic nitrogens is 1. The molecule has 1 N–H and O–H groups in total. The third-order valence-corrected chi connectivity index (χ3v) is 4.14. The minimum absolute atomic E-state index is 0.00607. The Balaban J connectivity index is 1.82. The highest BCUT2D eigenvalue weighted by Gasteiger charge is 2.13. The van der Waals surface area contributed by atoms with E-state index < -0.39 is 4.92 Å². The number of rotatable bonds is 5. The topological polar surface area (TPSA) is 94.4 Å². The molecule has 0 unspecified atom stereocenters. The van der Waals surface area contributed by atoms with Gasteiger partial charge in [-0.15, -0.1) is 0 Å². The van der Waals surface area contributed by atoms with Gasteiger partial charge in [-0.1, -0.05) is 17.4 Å². The Labute approximate surface area is 141 Å². The van der Waals surface area contributed by atoms with Crippen LogP contribution < -0.4 is 10.1 Å². The lowest BCUT2D eigenvalue weighted by Gasteiger charge is -2.05. The van der Waals surface area contributed by atoms with Gasteiger partial charge in [-0.25, -0.2) is 4.98 Å². The summed E-state index contributed by atoms with van der Waals surface area (Å²) in [7, 11) is 0. The number of nitrogens with zero attached hydrogens (tertiary/aromatic N) is 2. The Bertz CT molecular complexity index is 923. The van der Waals surface area contributed by atoms with Gasteiger partial charge in [0.25, 0.3) is 11.6 Å². The maximum atomic E-state index is 12.3. The Morgan fingerprint density at radius 1 is 1.33 bits per heavy atom. The molecule has 0 saturated carbocycles. The molecule has 0 atom stereocenters. The summed E-state index contributed by atoms with van der Waals surface area (Å²) in [6.45, 7) is 2.38. The van der Waals surface area contributed by atoms with Crippen LogP contribution in [0.5, 0.6) is 5.75 Å². The Morgan fingerprint density at radius 2 is 2.17 bits per heavy atom. The minimum Gasteiger partial charge on any atom is -0.494 e. The molecule has 0 saturated heterocycles. The number of nitrogens with one attached hydrogen (secondary N) is 1. The van der Waals surface area contributed by atoms with E-state index >= 15 is 0 Å². The Morgan fingerprint density at radius 3 is 2.92 bits per heavy atom. The SMILES string of the molecule is CCOc1cccc(C(=O)Nc2nc3ccc([N+](=O)[O-])cc3s2)c1. The zero-order chi connectivity index (χ0) is 17.1. The first-order valence-corrected chi connectivity index (χ1v) is 7.97. The number of amides is 1. The molecule has 0 aliphatic carbocycles. The van der Waals surface area contributed by atoms with Crippen molar-refractivity contribution in [3.63, 3.8) is 0 Å². The molecule has 7 nitrogen and oxygen atoms in total. The number of non-ortho nitro benzene ring substituents is 1. The van der Waals surface area contributed by atoms with Crippen LogP contribution in [0.2, 0.25) is 0 Å². The van der Waals surface area contributed by atoms with Crippen molar-refractivity contribution in [2.75, 3.05) is 11.9 Å². The van der Waals surface area contributed by atoms with E-state index in [1.54, 1.807) is 30.3 Å². The van der Waals surface area contributed by atoms with Crippen LogP contribution in [0.1, 0.15) is 17.3 Å². The van der Waals surface area contributed by atoms with Crippen LogP contribution in [0.25, 0.3) is 10.2 Å². The van der Waals surface area contributed by atoms with E-state index in [2.05, 4.69) is 10.3 Å². The number of anilines is 1. The number of nitro benzene ring substituents is 1. The number of carbonyl (C=O) groups is 1. The van der Waals surface area contributed by atoms with Gasteiger partial charge in [0.15, 0.2) is 5.13 Å². The molecule has 0 spiro atoms. The average molecular weight is 343 g/mol. The summed E-state index contributed by atoms with van der Waals surface area (Å²) in [4.78, 5) is 26.9. The fourth-order valence-corrected chi connectivity index (χ4v) is 3.04. The molecule has 2 aromatic carbocycles. The van der Waals surface area contributed by atoms with Crippen LogP contribution in [0.4, 0.5) is 10.8 Å². The van der Waals surface area contributed by atoms with Gasteiger partial charge in [0.2, 0.25) is 0 Å². The molecule has 3 aromatic rings. The van der Waals surface area contributed by atoms with E-state index in [9.17, 15) is 14.9 Å². The van der Waals surface area contributed by atoms with E-state index in [1.165, 1.54) is 23.5 Å². The van der Waals surface area contributed by atoms with Gasteiger partial charge in [0.1, 0.15) is 5.75 Å². The first-order valence-electron chi connectivity index (χ1n) is 7.16. The normalized spacial score (nSPS) is 10.5. The molecule has 0 radical (unpaired) electrons. The van der Waals surface area contributed by atoms with Crippen molar-refractivity contribution in [2.45, 2.75) is 6.92 Å². The number of ether oxygens (including phenoxy) is 1. The zero-order valence-electron chi connectivity index (χ0n) is 12.7. The quantitative estimate of drug-likeness (QED) is 0.561. The molecular formula is C16H13N3O4S. The van der Waals surface area contributed by atoms with E-state index in [-0.39, 0.29) is 11.6 Å². The molecule has 1 amide bonds. The smallest absolute Gasteiger partial charge is 0.270 e. The average Bonchev–Trinajstić information content (AvgIpc) is 2.96. The summed E-state index contributed by atoms with van der Waals surface area (Å²) in [5.41, 5.74) is 1.04. The van der Waals surface area contributed by atoms with Crippen molar-refractivity contribution in [3.05, 3.63) is 58.1 Å². The molecule has 1 heterocycles. The second-order valence-corrected chi connectivity index (χ2v) is 5.87. The van der Waals surface area contributed by atoms with Crippen LogP contribution in [0.15, 0.2) is 42.5 Å². The van der Waals surface area contributed by atoms with Crippen LogP contribution in [-0.4, -0.2) is 22.4 Å². The molecule has 24 heavy (non-hydrogen) atoms. The summed E-state index contributed by atoms with van der Waals surface area (Å²) in [5, 5.41) is 13.9. The van der Waals surface area contributed by atoms with Gasteiger partial charge in [-0.2, -0.15) is 0 Å². The van der Waals surface area contributed by atoms with Crippen LogP contribution in [0.3, 0.4) is 0 Å². The minimum atomic E-state index is -0.462. The van der Waals surface area contributed by atoms with Gasteiger partial charge >= 0.3 is 0 Å². The zero-order valence-corrected chi connectivity index (χ0v) is 13.5. The lowest BCUT2D eigenvalue weighted by Crippen LogP contribution is -2.11. The summed E-state index contributed by atoms with van der Waals surface area (Å²) >= 11 is 1.19. The van der Waals surface area contributed by atoms with Crippen LogP contribution >= 0.6 is 11.3 Å². The number of carbonyl (C=O) groups excluding carboxylic acids is 1. The number of thiazole rings is 1.